The van der Waals surface area contributed by atoms with Gasteiger partial charge in [0.1, 0.15) is 16.7 Å². The van der Waals surface area contributed by atoms with Gasteiger partial charge in [-0.2, -0.15) is 0 Å². The Kier molecular flexibility index (Phi) is 5.43. The van der Waals surface area contributed by atoms with Crippen LogP contribution in [0.25, 0.3) is 10.9 Å². The van der Waals surface area contributed by atoms with Crippen molar-refractivity contribution in [1.82, 2.24) is 14.9 Å². The van der Waals surface area contributed by atoms with Crippen LogP contribution < -0.4 is 0 Å². The average molecular weight is 369 g/mol. The fraction of sp³-hybridized carbons (Fsp3) is 0.300. The number of aromatic nitrogens is 2. The van der Waals surface area contributed by atoms with E-state index < -0.39 is 0 Å². The van der Waals surface area contributed by atoms with Gasteiger partial charge in [0.05, 0.1) is 25.3 Å². The molecule has 1 fully saturated rings. The molecule has 0 aliphatic carbocycles. The molecule has 1 aromatic heterocycles. The normalized spacial score (nSPS) is 15.4. The maximum absolute atomic E-state index is 13.4. The predicted octanol–water partition coefficient (Wildman–Crippen LogP) is 3.89. The number of morpholine rings is 1. The first-order chi connectivity index (χ1) is 12.8. The van der Waals surface area contributed by atoms with Gasteiger partial charge in [0, 0.05) is 24.2 Å². The molecule has 2 heterocycles. The van der Waals surface area contributed by atoms with Gasteiger partial charge in [0.2, 0.25) is 0 Å². The number of ether oxygens (including phenoxy) is 1. The Balaban J connectivity index is 1.59. The van der Waals surface area contributed by atoms with Crippen LogP contribution in [0.3, 0.4) is 0 Å². The number of rotatable bonds is 5. The van der Waals surface area contributed by atoms with Crippen LogP contribution in [0.5, 0.6) is 0 Å². The van der Waals surface area contributed by atoms with E-state index >= 15 is 0 Å². The zero-order valence-corrected chi connectivity index (χ0v) is 15.2. The number of hydrogen-bond acceptors (Lipinski definition) is 5. The second kappa shape index (κ2) is 8.12. The number of fused-ring (bicyclic) bond motifs is 1. The molecule has 1 saturated heterocycles. The van der Waals surface area contributed by atoms with Gasteiger partial charge in [0.15, 0.2) is 0 Å². The zero-order valence-electron chi connectivity index (χ0n) is 14.4. The van der Waals surface area contributed by atoms with Crippen molar-refractivity contribution in [3.8, 4) is 0 Å². The summed E-state index contributed by atoms with van der Waals surface area (Å²) in [4.78, 5) is 11.9. The topological polar surface area (TPSA) is 38.2 Å². The van der Waals surface area contributed by atoms with Gasteiger partial charge < -0.3 is 4.74 Å². The lowest BCUT2D eigenvalue weighted by atomic mass is 10.2. The molecule has 134 valence electrons. The van der Waals surface area contributed by atoms with Crippen LogP contribution in [0, 0.1) is 5.82 Å². The molecule has 0 spiro atoms. The molecule has 0 unspecified atom stereocenters. The summed E-state index contributed by atoms with van der Waals surface area (Å²) in [6.45, 7) is 4.05. The molecule has 0 bridgehead atoms. The van der Waals surface area contributed by atoms with Crippen LogP contribution in [0.4, 0.5) is 4.39 Å². The molecule has 4 nitrogen and oxygen atoms in total. The molecule has 1 aliphatic rings. The molecule has 2 aromatic carbocycles. The van der Waals surface area contributed by atoms with E-state index in [1.165, 1.54) is 6.07 Å². The van der Waals surface area contributed by atoms with Crippen molar-refractivity contribution < 1.29 is 9.13 Å². The minimum atomic E-state index is -0.205. The highest BCUT2D eigenvalue weighted by atomic mass is 32.2. The quantitative estimate of drug-likeness (QED) is 0.504. The van der Waals surface area contributed by atoms with E-state index in [1.807, 2.05) is 30.3 Å². The van der Waals surface area contributed by atoms with Crippen molar-refractivity contribution >= 4 is 22.7 Å². The molecule has 1 aliphatic heterocycles. The SMILES string of the molecule is Fc1cccc(CSc2nc(CN3CCOCC3)nc3ccccc23)c1. The molecule has 6 heteroatoms. The Morgan fingerprint density at radius 1 is 1.04 bits per heavy atom. The van der Waals surface area contributed by atoms with Gasteiger partial charge in [0.25, 0.3) is 0 Å². The van der Waals surface area contributed by atoms with E-state index in [4.69, 9.17) is 14.7 Å². The molecule has 0 atom stereocenters. The van der Waals surface area contributed by atoms with Crippen LogP contribution in [-0.2, 0) is 17.0 Å². The van der Waals surface area contributed by atoms with E-state index in [0.29, 0.717) is 5.75 Å². The van der Waals surface area contributed by atoms with Crippen molar-refractivity contribution in [2.24, 2.45) is 0 Å². The summed E-state index contributed by atoms with van der Waals surface area (Å²) in [6, 6.07) is 14.8. The number of para-hydroxylation sites is 1. The Hall–Kier alpha value is -2.02. The predicted molar refractivity (Wildman–Crippen MR) is 102 cm³/mol. The van der Waals surface area contributed by atoms with Gasteiger partial charge in [-0.1, -0.05) is 30.3 Å². The minimum absolute atomic E-state index is 0.205. The highest BCUT2D eigenvalue weighted by molar-refractivity contribution is 7.98. The number of thioether (sulfide) groups is 1. The van der Waals surface area contributed by atoms with Crippen LogP contribution in [0.2, 0.25) is 0 Å². The van der Waals surface area contributed by atoms with Gasteiger partial charge in [-0.3, -0.25) is 4.90 Å². The monoisotopic (exact) mass is 369 g/mol. The van der Waals surface area contributed by atoms with E-state index in [2.05, 4.69) is 4.90 Å². The maximum atomic E-state index is 13.4. The first kappa shape index (κ1) is 17.4. The number of nitrogens with zero attached hydrogens (tertiary/aromatic N) is 3. The highest BCUT2D eigenvalue weighted by Crippen LogP contribution is 2.28. The van der Waals surface area contributed by atoms with Gasteiger partial charge in [-0.25, -0.2) is 14.4 Å². The van der Waals surface area contributed by atoms with E-state index in [9.17, 15) is 4.39 Å². The summed E-state index contributed by atoms with van der Waals surface area (Å²) < 4.78 is 18.8. The summed E-state index contributed by atoms with van der Waals surface area (Å²) in [5.74, 6) is 1.30. The van der Waals surface area contributed by atoms with Crippen molar-refractivity contribution in [3.05, 3.63) is 65.7 Å². The van der Waals surface area contributed by atoms with E-state index in [0.717, 1.165) is 60.2 Å². The summed E-state index contributed by atoms with van der Waals surface area (Å²) in [7, 11) is 0. The van der Waals surface area contributed by atoms with Gasteiger partial charge in [-0.15, -0.1) is 11.8 Å². The molecule has 0 saturated carbocycles. The van der Waals surface area contributed by atoms with Crippen LogP contribution in [0.15, 0.2) is 53.6 Å². The van der Waals surface area contributed by atoms with Crippen LogP contribution in [0.1, 0.15) is 11.4 Å². The second-order valence-corrected chi connectivity index (χ2v) is 7.23. The molecule has 3 aromatic rings. The third-order valence-corrected chi connectivity index (χ3v) is 5.41. The third kappa shape index (κ3) is 4.20. The van der Waals surface area contributed by atoms with E-state index in [1.54, 1.807) is 23.9 Å². The second-order valence-electron chi connectivity index (χ2n) is 6.27. The number of halogens is 1. The molecular weight excluding hydrogens is 349 g/mol. The Morgan fingerprint density at radius 3 is 2.73 bits per heavy atom. The Bertz CT molecular complexity index is 899. The van der Waals surface area contributed by atoms with Gasteiger partial charge in [-0.05, 0) is 23.8 Å². The number of hydrogen-bond donors (Lipinski definition) is 0. The molecule has 0 N–H and O–H groups in total. The molecule has 0 radical (unpaired) electrons. The lowest BCUT2D eigenvalue weighted by Crippen LogP contribution is -2.36. The number of benzene rings is 2. The summed E-state index contributed by atoms with van der Waals surface area (Å²) in [6.07, 6.45) is 0. The minimum Gasteiger partial charge on any atom is -0.379 e. The van der Waals surface area contributed by atoms with Crippen molar-refractivity contribution in [2.75, 3.05) is 26.3 Å². The molecule has 26 heavy (non-hydrogen) atoms. The fourth-order valence-corrected chi connectivity index (χ4v) is 3.99. The summed E-state index contributed by atoms with van der Waals surface area (Å²) in [5.41, 5.74) is 1.90. The summed E-state index contributed by atoms with van der Waals surface area (Å²) in [5, 5.41) is 1.99. The molecule has 0 amide bonds. The molecule has 4 rings (SSSR count). The maximum Gasteiger partial charge on any atom is 0.144 e. The standard InChI is InChI=1S/C20H20FN3OS/c21-16-5-3-4-15(12-16)14-26-20-17-6-1-2-7-18(17)22-19(23-20)13-24-8-10-25-11-9-24/h1-7,12H,8-11,13-14H2. The average Bonchev–Trinajstić information content (AvgIpc) is 2.67. The molecular formula is C20H20FN3OS. The Morgan fingerprint density at radius 2 is 1.88 bits per heavy atom. The van der Waals surface area contributed by atoms with Crippen molar-refractivity contribution in [3.63, 3.8) is 0 Å². The largest absolute Gasteiger partial charge is 0.379 e. The van der Waals surface area contributed by atoms with Crippen molar-refractivity contribution in [1.29, 1.82) is 0 Å². The van der Waals surface area contributed by atoms with E-state index in [-0.39, 0.29) is 5.82 Å². The first-order valence-corrected chi connectivity index (χ1v) is 9.69. The summed E-state index contributed by atoms with van der Waals surface area (Å²) >= 11 is 1.63. The fourth-order valence-electron chi connectivity index (χ4n) is 3.01. The first-order valence-electron chi connectivity index (χ1n) is 8.71. The van der Waals surface area contributed by atoms with Gasteiger partial charge >= 0.3 is 0 Å². The zero-order chi connectivity index (χ0) is 17.8. The smallest absolute Gasteiger partial charge is 0.144 e. The van der Waals surface area contributed by atoms with Crippen molar-refractivity contribution in [2.45, 2.75) is 17.3 Å². The Labute approximate surface area is 156 Å². The van der Waals surface area contributed by atoms with Crippen LogP contribution >= 0.6 is 11.8 Å². The van der Waals surface area contributed by atoms with Crippen LogP contribution in [-0.4, -0.2) is 41.2 Å². The lowest BCUT2D eigenvalue weighted by Gasteiger charge is -2.25. The third-order valence-electron chi connectivity index (χ3n) is 4.35. The highest BCUT2D eigenvalue weighted by Gasteiger charge is 2.14. The lowest BCUT2D eigenvalue weighted by molar-refractivity contribution is 0.0330.